The highest BCUT2D eigenvalue weighted by molar-refractivity contribution is 5.74. The summed E-state index contributed by atoms with van der Waals surface area (Å²) in [6.07, 6.45) is 6.08. The molecule has 0 aromatic rings. The summed E-state index contributed by atoms with van der Waals surface area (Å²) in [5.41, 5.74) is 4.82. The van der Waals surface area contributed by atoms with Gasteiger partial charge in [0.05, 0.1) is 0 Å². The molecule has 0 radical (unpaired) electrons. The lowest BCUT2D eigenvalue weighted by Gasteiger charge is -2.24. The van der Waals surface area contributed by atoms with Crippen molar-refractivity contribution in [3.63, 3.8) is 0 Å². The lowest BCUT2D eigenvalue weighted by molar-refractivity contribution is -0.119. The Hall–Kier alpha value is -1.01. The summed E-state index contributed by atoms with van der Waals surface area (Å²) < 4.78 is 0. The molecule has 3 N–H and O–H groups in total. The van der Waals surface area contributed by atoms with E-state index >= 15 is 0 Å². The molecule has 0 rings (SSSR count). The van der Waals surface area contributed by atoms with Crippen LogP contribution < -0.4 is 11.1 Å². The molecule has 3 nitrogen and oxygen atoms in total. The van der Waals surface area contributed by atoms with Crippen LogP contribution in [0.2, 0.25) is 0 Å². The molecule has 0 atom stereocenters. The number of amides is 1. The number of hydrogen-bond donors (Lipinski definition) is 2. The minimum atomic E-state index is -0.298. The van der Waals surface area contributed by atoms with Gasteiger partial charge in [0.25, 0.3) is 0 Å². The Bertz CT molecular complexity index is 191. The van der Waals surface area contributed by atoms with Crippen molar-refractivity contribution in [3.8, 4) is 12.3 Å². The third kappa shape index (κ3) is 5.75. The summed E-state index contributed by atoms with van der Waals surface area (Å²) in [5.74, 6) is 2.22. The third-order valence-corrected chi connectivity index (χ3v) is 1.49. The zero-order chi connectivity index (χ0) is 9.61. The van der Waals surface area contributed by atoms with E-state index in [-0.39, 0.29) is 11.4 Å². The lowest BCUT2D eigenvalue weighted by Crippen LogP contribution is -2.43. The molecular weight excluding hydrogens is 152 g/mol. The second-order valence-corrected chi connectivity index (χ2v) is 3.41. The van der Waals surface area contributed by atoms with Crippen LogP contribution in [0.3, 0.4) is 0 Å². The normalized spacial score (nSPS) is 10.8. The summed E-state index contributed by atoms with van der Waals surface area (Å²) in [4.78, 5) is 10.6. The Morgan fingerprint density at radius 2 is 2.25 bits per heavy atom. The van der Waals surface area contributed by atoms with E-state index in [9.17, 15) is 4.79 Å². The fraction of sp³-hybridized carbons (Fsp3) is 0.667. The predicted octanol–water partition coefficient (Wildman–Crippen LogP) is 0.253. The number of nitrogens with two attached hydrogens (primary N) is 1. The number of carbonyl (C=O) groups excluding carboxylic acids is 1. The first-order valence-electron chi connectivity index (χ1n) is 3.95. The molecule has 3 heteroatoms. The first kappa shape index (κ1) is 11.0. The Balaban J connectivity index is 3.72. The average Bonchev–Trinajstić information content (AvgIpc) is 1.84. The highest BCUT2D eigenvalue weighted by atomic mass is 16.1. The Labute approximate surface area is 73.7 Å². The van der Waals surface area contributed by atoms with Crippen LogP contribution in [0.5, 0.6) is 0 Å². The second kappa shape index (κ2) is 4.78. The second-order valence-electron chi connectivity index (χ2n) is 3.41. The van der Waals surface area contributed by atoms with Crippen LogP contribution in [0.15, 0.2) is 0 Å². The molecule has 0 aliphatic heterocycles. The monoisotopic (exact) mass is 168 g/mol. The number of hydrogen-bond acceptors (Lipinski definition) is 2. The first-order valence-corrected chi connectivity index (χ1v) is 3.95. The molecule has 0 aliphatic carbocycles. The van der Waals surface area contributed by atoms with Crippen LogP contribution >= 0.6 is 0 Å². The highest BCUT2D eigenvalue weighted by Crippen LogP contribution is 2.06. The van der Waals surface area contributed by atoms with Crippen LogP contribution in [0, 0.1) is 12.3 Å². The fourth-order valence-electron chi connectivity index (χ4n) is 0.971. The number of carbonyl (C=O) groups is 1. The lowest BCUT2D eigenvalue weighted by atomic mass is 10.0. The van der Waals surface area contributed by atoms with E-state index in [0.717, 1.165) is 6.54 Å². The minimum absolute atomic E-state index is 0.247. The van der Waals surface area contributed by atoms with E-state index in [0.29, 0.717) is 12.8 Å². The van der Waals surface area contributed by atoms with Crippen molar-refractivity contribution in [2.75, 3.05) is 6.54 Å². The number of nitrogens with one attached hydrogen (secondary N) is 1. The predicted molar refractivity (Wildman–Crippen MR) is 49.3 cm³/mol. The highest BCUT2D eigenvalue weighted by Gasteiger charge is 2.18. The van der Waals surface area contributed by atoms with Crippen molar-refractivity contribution in [1.82, 2.24) is 5.32 Å². The SMILES string of the molecule is C#CCCNC(C)(C)CC(N)=O. The van der Waals surface area contributed by atoms with Gasteiger partial charge < -0.3 is 11.1 Å². The van der Waals surface area contributed by atoms with E-state index in [1.807, 2.05) is 13.8 Å². The van der Waals surface area contributed by atoms with Crippen LogP contribution in [0.25, 0.3) is 0 Å². The molecule has 1 amide bonds. The van der Waals surface area contributed by atoms with E-state index in [2.05, 4.69) is 11.2 Å². The molecule has 0 spiro atoms. The number of rotatable bonds is 5. The van der Waals surface area contributed by atoms with Gasteiger partial charge in [0.15, 0.2) is 0 Å². The minimum Gasteiger partial charge on any atom is -0.370 e. The molecule has 68 valence electrons. The van der Waals surface area contributed by atoms with E-state index < -0.39 is 0 Å². The standard InChI is InChI=1S/C9H16N2O/c1-4-5-6-11-9(2,3)7-8(10)12/h1,11H,5-7H2,2-3H3,(H2,10,12). The van der Waals surface area contributed by atoms with E-state index in [1.165, 1.54) is 0 Å². The van der Waals surface area contributed by atoms with Gasteiger partial charge in [0, 0.05) is 24.9 Å². The molecule has 0 bridgehead atoms. The summed E-state index contributed by atoms with van der Waals surface area (Å²) in [7, 11) is 0. The average molecular weight is 168 g/mol. The van der Waals surface area contributed by atoms with Crippen LogP contribution in [0.4, 0.5) is 0 Å². The maximum absolute atomic E-state index is 10.6. The molecule has 0 fully saturated rings. The smallest absolute Gasteiger partial charge is 0.219 e. The van der Waals surface area contributed by atoms with Crippen LogP contribution in [-0.4, -0.2) is 18.0 Å². The molecule has 0 saturated carbocycles. The topological polar surface area (TPSA) is 55.1 Å². The van der Waals surface area contributed by atoms with Crippen molar-refractivity contribution in [3.05, 3.63) is 0 Å². The van der Waals surface area contributed by atoms with Gasteiger partial charge in [-0.1, -0.05) is 0 Å². The van der Waals surface area contributed by atoms with Gasteiger partial charge in [0.2, 0.25) is 5.91 Å². The van der Waals surface area contributed by atoms with Crippen molar-refractivity contribution < 1.29 is 4.79 Å². The van der Waals surface area contributed by atoms with Gasteiger partial charge in [-0.3, -0.25) is 4.79 Å². The van der Waals surface area contributed by atoms with Gasteiger partial charge in [0.1, 0.15) is 0 Å². The van der Waals surface area contributed by atoms with Gasteiger partial charge in [-0.05, 0) is 13.8 Å². The van der Waals surface area contributed by atoms with E-state index in [4.69, 9.17) is 12.2 Å². The van der Waals surface area contributed by atoms with Crippen molar-refractivity contribution in [2.45, 2.75) is 32.2 Å². The Morgan fingerprint density at radius 3 is 2.67 bits per heavy atom. The number of terminal acetylenes is 1. The quantitative estimate of drug-likeness (QED) is 0.457. The maximum Gasteiger partial charge on any atom is 0.219 e. The first-order chi connectivity index (χ1) is 5.48. The molecule has 0 aromatic carbocycles. The zero-order valence-electron chi connectivity index (χ0n) is 7.68. The Kier molecular flexibility index (Phi) is 4.38. The zero-order valence-corrected chi connectivity index (χ0v) is 7.68. The van der Waals surface area contributed by atoms with Crippen molar-refractivity contribution >= 4 is 5.91 Å². The van der Waals surface area contributed by atoms with Crippen molar-refractivity contribution in [1.29, 1.82) is 0 Å². The summed E-state index contributed by atoms with van der Waals surface area (Å²) in [6, 6.07) is 0. The molecule has 0 unspecified atom stereocenters. The van der Waals surface area contributed by atoms with Gasteiger partial charge >= 0.3 is 0 Å². The summed E-state index contributed by atoms with van der Waals surface area (Å²) in [5, 5.41) is 3.15. The molecular formula is C9H16N2O. The van der Waals surface area contributed by atoms with Gasteiger partial charge in [-0.25, -0.2) is 0 Å². The van der Waals surface area contributed by atoms with Crippen LogP contribution in [0.1, 0.15) is 26.7 Å². The largest absolute Gasteiger partial charge is 0.370 e. The molecule has 0 aromatic heterocycles. The maximum atomic E-state index is 10.6. The summed E-state index contributed by atoms with van der Waals surface area (Å²) >= 11 is 0. The Morgan fingerprint density at radius 1 is 1.67 bits per heavy atom. The third-order valence-electron chi connectivity index (χ3n) is 1.49. The van der Waals surface area contributed by atoms with Crippen molar-refractivity contribution in [2.24, 2.45) is 5.73 Å². The molecule has 0 saturated heterocycles. The van der Waals surface area contributed by atoms with Gasteiger partial charge in [-0.15, -0.1) is 12.3 Å². The molecule has 0 aliphatic rings. The molecule has 12 heavy (non-hydrogen) atoms. The number of primary amides is 1. The summed E-state index contributed by atoms with van der Waals surface area (Å²) in [6.45, 7) is 4.57. The van der Waals surface area contributed by atoms with E-state index in [1.54, 1.807) is 0 Å². The molecule has 0 heterocycles. The van der Waals surface area contributed by atoms with Crippen LogP contribution in [-0.2, 0) is 4.79 Å². The fourth-order valence-corrected chi connectivity index (χ4v) is 0.971. The van der Waals surface area contributed by atoms with Gasteiger partial charge in [-0.2, -0.15) is 0 Å².